The molecule has 0 fully saturated rings. The van der Waals surface area contributed by atoms with Gasteiger partial charge in [-0.2, -0.15) is 0 Å². The van der Waals surface area contributed by atoms with E-state index in [-0.39, 0.29) is 0 Å². The van der Waals surface area contributed by atoms with Crippen LogP contribution in [-0.4, -0.2) is 4.98 Å². The van der Waals surface area contributed by atoms with Gasteiger partial charge in [0.05, 0.1) is 10.9 Å². The molecule has 2 aromatic heterocycles. The van der Waals surface area contributed by atoms with Crippen molar-refractivity contribution in [1.82, 2.24) is 4.98 Å². The van der Waals surface area contributed by atoms with Gasteiger partial charge in [0.15, 0.2) is 0 Å². The van der Waals surface area contributed by atoms with Gasteiger partial charge in [0, 0.05) is 28.3 Å². The smallest absolute Gasteiger partial charge is 0.144 e. The Morgan fingerprint density at radius 2 is 1.86 bits per heavy atom. The van der Waals surface area contributed by atoms with Crippen LogP contribution in [0.5, 0.6) is 0 Å². The molecule has 2 heteroatoms. The third-order valence-corrected chi connectivity index (χ3v) is 4.25. The Hall–Kier alpha value is -2.74. The van der Waals surface area contributed by atoms with E-state index in [1.54, 1.807) is 0 Å². The minimum atomic E-state index is 0.848. The third-order valence-electron chi connectivity index (χ3n) is 4.25. The van der Waals surface area contributed by atoms with E-state index < -0.39 is 0 Å². The van der Waals surface area contributed by atoms with Crippen molar-refractivity contribution in [3.05, 3.63) is 65.9 Å². The zero-order valence-electron chi connectivity index (χ0n) is 11.4. The van der Waals surface area contributed by atoms with Gasteiger partial charge in [-0.25, -0.2) is 0 Å². The summed E-state index contributed by atoms with van der Waals surface area (Å²) in [4.78, 5) is 3.47. The molecule has 21 heavy (non-hydrogen) atoms. The number of para-hydroxylation sites is 1. The van der Waals surface area contributed by atoms with Gasteiger partial charge in [-0.05, 0) is 18.2 Å². The highest BCUT2D eigenvalue weighted by Crippen LogP contribution is 2.37. The summed E-state index contributed by atoms with van der Waals surface area (Å²) in [6.07, 6.45) is 9.29. The summed E-state index contributed by atoms with van der Waals surface area (Å²) in [6, 6.07) is 12.7. The largest absolute Gasteiger partial charge is 0.459 e. The maximum absolute atomic E-state index is 6.23. The lowest BCUT2D eigenvalue weighted by molar-refractivity contribution is 0.567. The number of aromatic nitrogens is 1. The van der Waals surface area contributed by atoms with Gasteiger partial charge >= 0.3 is 0 Å². The number of H-pyrrole nitrogens is 1. The van der Waals surface area contributed by atoms with Crippen LogP contribution >= 0.6 is 0 Å². The van der Waals surface area contributed by atoms with Crippen LogP contribution in [0, 0.1) is 0 Å². The molecular weight excluding hydrogens is 258 g/mol. The van der Waals surface area contributed by atoms with Crippen molar-refractivity contribution in [2.45, 2.75) is 6.42 Å². The summed E-state index contributed by atoms with van der Waals surface area (Å²) in [6.45, 7) is 0. The van der Waals surface area contributed by atoms with Gasteiger partial charge in [-0.15, -0.1) is 0 Å². The van der Waals surface area contributed by atoms with E-state index in [1.165, 1.54) is 21.7 Å². The summed E-state index contributed by atoms with van der Waals surface area (Å²) in [7, 11) is 0. The number of hydrogen-bond donors (Lipinski definition) is 1. The molecule has 0 saturated carbocycles. The molecule has 2 heterocycles. The Labute approximate surface area is 121 Å². The Morgan fingerprint density at radius 3 is 2.86 bits per heavy atom. The minimum Gasteiger partial charge on any atom is -0.459 e. The van der Waals surface area contributed by atoms with E-state index in [1.807, 2.05) is 0 Å². The molecular formula is C19H13NO. The number of nitrogens with one attached hydrogen (secondary N) is 1. The van der Waals surface area contributed by atoms with E-state index in [2.05, 4.69) is 65.7 Å². The van der Waals surface area contributed by atoms with Crippen molar-refractivity contribution < 1.29 is 4.42 Å². The van der Waals surface area contributed by atoms with Gasteiger partial charge in [0.25, 0.3) is 0 Å². The average molecular weight is 271 g/mol. The van der Waals surface area contributed by atoms with Crippen LogP contribution in [-0.2, 0) is 6.42 Å². The summed E-state index contributed by atoms with van der Waals surface area (Å²) < 4.78 is 6.23. The van der Waals surface area contributed by atoms with Crippen molar-refractivity contribution in [2.75, 3.05) is 0 Å². The molecule has 0 radical (unpaired) electrons. The molecule has 0 unspecified atom stereocenters. The fraction of sp³-hybridized carbons (Fsp3) is 0.0526. The molecule has 0 saturated heterocycles. The van der Waals surface area contributed by atoms with Crippen LogP contribution in [0.25, 0.3) is 38.9 Å². The number of allylic oxidation sites excluding steroid dienone is 3. The summed E-state index contributed by atoms with van der Waals surface area (Å²) >= 11 is 0. The monoisotopic (exact) mass is 271 g/mol. The van der Waals surface area contributed by atoms with Crippen LogP contribution < -0.4 is 0 Å². The highest BCUT2D eigenvalue weighted by Gasteiger charge is 2.16. The fourth-order valence-corrected chi connectivity index (χ4v) is 3.30. The SMILES string of the molecule is C1=CCc2oc3c(ccc4[nH]c5ccccc5c43)c2C=C1. The van der Waals surface area contributed by atoms with Gasteiger partial charge in [-0.1, -0.05) is 42.5 Å². The van der Waals surface area contributed by atoms with E-state index in [0.717, 1.165) is 28.8 Å². The van der Waals surface area contributed by atoms with E-state index >= 15 is 0 Å². The average Bonchev–Trinajstić information content (AvgIpc) is 2.96. The molecule has 0 amide bonds. The van der Waals surface area contributed by atoms with E-state index in [9.17, 15) is 0 Å². The molecule has 2 nitrogen and oxygen atoms in total. The predicted molar refractivity (Wildman–Crippen MR) is 87.5 cm³/mol. The molecule has 0 aliphatic heterocycles. The first kappa shape index (κ1) is 11.0. The van der Waals surface area contributed by atoms with Crippen LogP contribution in [0.15, 0.2) is 59.0 Å². The van der Waals surface area contributed by atoms with E-state index in [4.69, 9.17) is 4.42 Å². The topological polar surface area (TPSA) is 28.9 Å². The molecule has 4 aromatic rings. The fourth-order valence-electron chi connectivity index (χ4n) is 3.30. The maximum atomic E-state index is 6.23. The number of hydrogen-bond acceptors (Lipinski definition) is 1. The van der Waals surface area contributed by atoms with Gasteiger partial charge in [-0.3, -0.25) is 0 Å². The summed E-state index contributed by atoms with van der Waals surface area (Å²) in [5.41, 5.74) is 4.49. The van der Waals surface area contributed by atoms with Gasteiger partial charge in [0.1, 0.15) is 11.3 Å². The molecule has 1 aliphatic rings. The second kappa shape index (κ2) is 3.89. The molecule has 0 atom stereocenters. The molecule has 1 aliphatic carbocycles. The van der Waals surface area contributed by atoms with Gasteiger partial charge in [0.2, 0.25) is 0 Å². The van der Waals surface area contributed by atoms with Crippen molar-refractivity contribution in [3.63, 3.8) is 0 Å². The van der Waals surface area contributed by atoms with Crippen LogP contribution in [0.2, 0.25) is 0 Å². The Balaban J connectivity index is 2.01. The van der Waals surface area contributed by atoms with Crippen LogP contribution in [0.3, 0.4) is 0 Å². The molecule has 0 bridgehead atoms. The number of furan rings is 1. The van der Waals surface area contributed by atoms with Crippen molar-refractivity contribution >= 4 is 38.9 Å². The highest BCUT2D eigenvalue weighted by atomic mass is 16.3. The first-order valence-electron chi connectivity index (χ1n) is 7.20. The lowest BCUT2D eigenvalue weighted by Gasteiger charge is -1.94. The summed E-state index contributed by atoms with van der Waals surface area (Å²) in [5, 5.41) is 3.61. The highest BCUT2D eigenvalue weighted by molar-refractivity contribution is 6.19. The number of aromatic amines is 1. The van der Waals surface area contributed by atoms with Crippen molar-refractivity contribution in [3.8, 4) is 0 Å². The molecule has 100 valence electrons. The Bertz CT molecular complexity index is 1060. The lowest BCUT2D eigenvalue weighted by Crippen LogP contribution is -1.77. The normalized spacial score (nSPS) is 14.1. The maximum Gasteiger partial charge on any atom is 0.144 e. The summed E-state index contributed by atoms with van der Waals surface area (Å²) in [5.74, 6) is 1.05. The predicted octanol–water partition coefficient (Wildman–Crippen LogP) is 5.19. The van der Waals surface area contributed by atoms with E-state index in [0.29, 0.717) is 0 Å². The molecule has 2 aromatic carbocycles. The Kier molecular flexibility index (Phi) is 2.03. The first-order chi connectivity index (χ1) is 10.4. The minimum absolute atomic E-state index is 0.848. The van der Waals surface area contributed by atoms with Crippen LogP contribution in [0.1, 0.15) is 11.3 Å². The lowest BCUT2D eigenvalue weighted by atomic mass is 10.1. The molecule has 1 N–H and O–H groups in total. The molecule has 0 spiro atoms. The van der Waals surface area contributed by atoms with Gasteiger partial charge < -0.3 is 9.40 Å². The van der Waals surface area contributed by atoms with Crippen LogP contribution in [0.4, 0.5) is 0 Å². The van der Waals surface area contributed by atoms with Crippen molar-refractivity contribution in [1.29, 1.82) is 0 Å². The second-order valence-electron chi connectivity index (χ2n) is 5.47. The Morgan fingerprint density at radius 1 is 0.905 bits per heavy atom. The standard InChI is InChI=1S/C19H13NO/c1-2-6-12-13-10-11-16-18(19(13)21-17(12)9-3-1)14-7-4-5-8-15(14)20-16/h1-8,10-11,20H,9H2. The second-order valence-corrected chi connectivity index (χ2v) is 5.47. The molecule has 5 rings (SSSR count). The third kappa shape index (κ3) is 1.42. The zero-order chi connectivity index (χ0) is 13.8. The zero-order valence-corrected chi connectivity index (χ0v) is 11.4. The number of fused-ring (bicyclic) bond motifs is 7. The number of rotatable bonds is 0. The van der Waals surface area contributed by atoms with Crippen molar-refractivity contribution in [2.24, 2.45) is 0 Å². The quantitative estimate of drug-likeness (QED) is 0.468. The first-order valence-corrected chi connectivity index (χ1v) is 7.20. The number of benzene rings is 2.